The van der Waals surface area contributed by atoms with Crippen molar-refractivity contribution >= 4 is 5.78 Å². The van der Waals surface area contributed by atoms with Crippen LogP contribution in [0.25, 0.3) is 0 Å². The highest BCUT2D eigenvalue weighted by Crippen LogP contribution is 2.16. The van der Waals surface area contributed by atoms with Crippen LogP contribution in [-0.2, 0) is 4.74 Å². The van der Waals surface area contributed by atoms with E-state index in [4.69, 9.17) is 9.47 Å². The second-order valence-electron chi connectivity index (χ2n) is 3.77. The van der Waals surface area contributed by atoms with Gasteiger partial charge in [0.1, 0.15) is 5.75 Å². The Bertz CT molecular complexity index is 520. The van der Waals surface area contributed by atoms with Crippen molar-refractivity contribution in [3.8, 4) is 5.75 Å². The molecular formula is C15H14O3. The number of ketones is 1. The van der Waals surface area contributed by atoms with E-state index in [0.29, 0.717) is 16.9 Å². The molecule has 0 saturated heterocycles. The van der Waals surface area contributed by atoms with Gasteiger partial charge in [0.05, 0.1) is 0 Å². The maximum atomic E-state index is 12.2. The van der Waals surface area contributed by atoms with Crippen molar-refractivity contribution in [1.29, 1.82) is 0 Å². The predicted molar refractivity (Wildman–Crippen MR) is 68.8 cm³/mol. The van der Waals surface area contributed by atoms with Crippen LogP contribution in [-0.4, -0.2) is 19.7 Å². The fourth-order valence-corrected chi connectivity index (χ4v) is 1.61. The van der Waals surface area contributed by atoms with Crippen LogP contribution in [0.3, 0.4) is 0 Å². The van der Waals surface area contributed by atoms with E-state index in [1.54, 1.807) is 43.5 Å². The molecule has 0 saturated carbocycles. The summed E-state index contributed by atoms with van der Waals surface area (Å²) in [6.07, 6.45) is 0. The first-order valence-electron chi connectivity index (χ1n) is 5.63. The van der Waals surface area contributed by atoms with Crippen molar-refractivity contribution in [2.24, 2.45) is 0 Å². The number of methoxy groups -OCH3 is 1. The van der Waals surface area contributed by atoms with Crippen LogP contribution in [0, 0.1) is 0 Å². The molecule has 0 radical (unpaired) electrons. The van der Waals surface area contributed by atoms with Crippen LogP contribution in [0.5, 0.6) is 5.75 Å². The lowest BCUT2D eigenvalue weighted by Gasteiger charge is -2.06. The molecule has 0 bridgehead atoms. The molecule has 0 aliphatic heterocycles. The Morgan fingerprint density at radius 2 is 1.72 bits per heavy atom. The summed E-state index contributed by atoms with van der Waals surface area (Å²) in [6.45, 7) is 0.170. The number of hydrogen-bond donors (Lipinski definition) is 0. The van der Waals surface area contributed by atoms with E-state index in [-0.39, 0.29) is 12.6 Å². The van der Waals surface area contributed by atoms with E-state index in [1.165, 1.54) is 0 Å². The summed E-state index contributed by atoms with van der Waals surface area (Å²) in [6, 6.07) is 16.2. The van der Waals surface area contributed by atoms with E-state index >= 15 is 0 Å². The lowest BCUT2D eigenvalue weighted by molar-refractivity contribution is 0.0510. The van der Waals surface area contributed by atoms with Crippen LogP contribution >= 0.6 is 0 Å². The van der Waals surface area contributed by atoms with Crippen LogP contribution in [0.1, 0.15) is 15.9 Å². The third-order valence-electron chi connectivity index (χ3n) is 2.48. The van der Waals surface area contributed by atoms with Crippen molar-refractivity contribution < 1.29 is 14.3 Å². The number of carbonyl (C=O) groups is 1. The molecule has 0 N–H and O–H groups in total. The Morgan fingerprint density at radius 1 is 1.00 bits per heavy atom. The van der Waals surface area contributed by atoms with E-state index in [9.17, 15) is 4.79 Å². The average Bonchev–Trinajstić information content (AvgIpc) is 2.45. The van der Waals surface area contributed by atoms with Gasteiger partial charge in [-0.25, -0.2) is 0 Å². The van der Waals surface area contributed by atoms with Crippen molar-refractivity contribution in [3.63, 3.8) is 0 Å². The number of rotatable bonds is 5. The zero-order chi connectivity index (χ0) is 12.8. The molecule has 0 fully saturated rings. The molecule has 0 aromatic heterocycles. The molecule has 0 aliphatic carbocycles. The smallest absolute Gasteiger partial charge is 0.193 e. The van der Waals surface area contributed by atoms with Gasteiger partial charge in [0.25, 0.3) is 0 Å². The van der Waals surface area contributed by atoms with Crippen LogP contribution in [0.4, 0.5) is 0 Å². The van der Waals surface area contributed by atoms with Gasteiger partial charge in [0.15, 0.2) is 12.6 Å². The van der Waals surface area contributed by atoms with E-state index < -0.39 is 0 Å². The fourth-order valence-electron chi connectivity index (χ4n) is 1.61. The quantitative estimate of drug-likeness (QED) is 0.597. The number of hydrogen-bond acceptors (Lipinski definition) is 3. The maximum Gasteiger partial charge on any atom is 0.193 e. The van der Waals surface area contributed by atoms with Crippen molar-refractivity contribution in [2.45, 2.75) is 0 Å². The molecule has 18 heavy (non-hydrogen) atoms. The monoisotopic (exact) mass is 242 g/mol. The first kappa shape index (κ1) is 12.3. The van der Waals surface area contributed by atoms with Gasteiger partial charge < -0.3 is 9.47 Å². The minimum absolute atomic E-state index is 0.0153. The molecule has 2 rings (SSSR count). The van der Waals surface area contributed by atoms with Crippen LogP contribution < -0.4 is 4.74 Å². The van der Waals surface area contributed by atoms with Gasteiger partial charge in [-0.2, -0.15) is 0 Å². The van der Waals surface area contributed by atoms with Crippen LogP contribution in [0.2, 0.25) is 0 Å². The highest BCUT2D eigenvalue weighted by atomic mass is 16.7. The SMILES string of the molecule is COCOc1cccc(C(=O)c2ccccc2)c1. The Hall–Kier alpha value is -2.13. The minimum atomic E-state index is -0.0153. The molecule has 0 atom stereocenters. The molecule has 0 unspecified atom stereocenters. The van der Waals surface area contributed by atoms with Gasteiger partial charge in [0, 0.05) is 18.2 Å². The van der Waals surface area contributed by atoms with Crippen molar-refractivity contribution in [1.82, 2.24) is 0 Å². The second-order valence-corrected chi connectivity index (χ2v) is 3.77. The number of ether oxygens (including phenoxy) is 2. The Kier molecular flexibility index (Phi) is 4.10. The molecule has 2 aromatic carbocycles. The molecule has 0 amide bonds. The van der Waals surface area contributed by atoms with Gasteiger partial charge in [-0.1, -0.05) is 42.5 Å². The summed E-state index contributed by atoms with van der Waals surface area (Å²) in [7, 11) is 1.55. The first-order chi connectivity index (χ1) is 8.81. The standard InChI is InChI=1S/C15H14O3/c1-17-11-18-14-9-5-8-13(10-14)15(16)12-6-3-2-4-7-12/h2-10H,11H2,1H3. The van der Waals surface area contributed by atoms with Gasteiger partial charge in [-0.05, 0) is 12.1 Å². The van der Waals surface area contributed by atoms with Gasteiger partial charge in [-0.3, -0.25) is 4.79 Å². The molecule has 92 valence electrons. The van der Waals surface area contributed by atoms with Gasteiger partial charge in [-0.15, -0.1) is 0 Å². The lowest BCUT2D eigenvalue weighted by atomic mass is 10.0. The van der Waals surface area contributed by atoms with Crippen LogP contribution in [0.15, 0.2) is 54.6 Å². The van der Waals surface area contributed by atoms with Gasteiger partial charge in [0.2, 0.25) is 0 Å². The highest BCUT2D eigenvalue weighted by molar-refractivity contribution is 6.09. The van der Waals surface area contributed by atoms with E-state index in [1.807, 2.05) is 18.2 Å². The lowest BCUT2D eigenvalue weighted by Crippen LogP contribution is -2.03. The Morgan fingerprint density at radius 3 is 2.44 bits per heavy atom. The largest absolute Gasteiger partial charge is 0.468 e. The zero-order valence-electron chi connectivity index (χ0n) is 10.1. The van der Waals surface area contributed by atoms with Crippen molar-refractivity contribution in [2.75, 3.05) is 13.9 Å². The normalized spacial score (nSPS) is 10.1. The number of benzene rings is 2. The average molecular weight is 242 g/mol. The third kappa shape index (κ3) is 2.96. The van der Waals surface area contributed by atoms with Crippen molar-refractivity contribution in [3.05, 3.63) is 65.7 Å². The molecule has 3 nitrogen and oxygen atoms in total. The summed E-state index contributed by atoms with van der Waals surface area (Å²) in [4.78, 5) is 12.2. The summed E-state index contributed by atoms with van der Waals surface area (Å²) in [5, 5.41) is 0. The summed E-state index contributed by atoms with van der Waals surface area (Å²) in [5.41, 5.74) is 1.27. The van der Waals surface area contributed by atoms with E-state index in [0.717, 1.165) is 0 Å². The molecule has 3 heteroatoms. The summed E-state index contributed by atoms with van der Waals surface area (Å²) >= 11 is 0. The molecular weight excluding hydrogens is 228 g/mol. The molecule has 0 heterocycles. The van der Waals surface area contributed by atoms with Gasteiger partial charge >= 0.3 is 0 Å². The molecule has 0 aliphatic rings. The fraction of sp³-hybridized carbons (Fsp3) is 0.133. The second kappa shape index (κ2) is 5.98. The van der Waals surface area contributed by atoms with E-state index in [2.05, 4.69) is 0 Å². The molecule has 0 spiro atoms. The predicted octanol–water partition coefficient (Wildman–Crippen LogP) is 2.90. The summed E-state index contributed by atoms with van der Waals surface area (Å²) in [5.74, 6) is 0.608. The Balaban J connectivity index is 2.20. The zero-order valence-corrected chi connectivity index (χ0v) is 10.1. The number of carbonyl (C=O) groups excluding carboxylic acids is 1. The molecule has 2 aromatic rings. The topological polar surface area (TPSA) is 35.5 Å². The minimum Gasteiger partial charge on any atom is -0.468 e. The highest BCUT2D eigenvalue weighted by Gasteiger charge is 2.09. The Labute approximate surface area is 106 Å². The maximum absolute atomic E-state index is 12.2. The third-order valence-corrected chi connectivity index (χ3v) is 2.48. The summed E-state index contributed by atoms with van der Waals surface area (Å²) < 4.78 is 10.1. The first-order valence-corrected chi connectivity index (χ1v) is 5.63.